The van der Waals surface area contributed by atoms with E-state index in [-0.39, 0.29) is 64.2 Å². The van der Waals surface area contributed by atoms with Gasteiger partial charge in [0, 0.05) is 70.9 Å². The number of unbranched alkanes of at least 4 members (excludes halogenated alkanes) is 2. The zero-order valence-electron chi connectivity index (χ0n) is 48.7. The minimum Gasteiger partial charge on any atom is -0.507 e. The number of ketones is 2. The summed E-state index contributed by atoms with van der Waals surface area (Å²) in [7, 11) is -2.55. The number of allylic oxidation sites excluding steroid dienone is 1. The summed E-state index contributed by atoms with van der Waals surface area (Å²) < 4.78 is 23.2. The van der Waals surface area contributed by atoms with Gasteiger partial charge in [0.2, 0.25) is 0 Å². The molecular formula is C60H98O12S2Si2. The molecule has 0 spiro atoms. The van der Waals surface area contributed by atoms with Gasteiger partial charge in [-0.15, -0.1) is 22.7 Å². The zero-order chi connectivity index (χ0) is 57.3. The maximum Gasteiger partial charge on any atom is 0.351 e. The first kappa shape index (κ1) is 72.0. The van der Waals surface area contributed by atoms with Crippen molar-refractivity contribution in [3.8, 4) is 11.5 Å². The van der Waals surface area contributed by atoms with Crippen LogP contribution in [-0.4, -0.2) is 70.1 Å². The number of hydrogen-bond acceptors (Lipinski definition) is 14. The number of aldehydes is 1. The van der Waals surface area contributed by atoms with Crippen LogP contribution in [0, 0.1) is 0 Å². The number of rotatable bonds is 26. The predicted octanol–water partition coefficient (Wildman–Crippen LogP) is 16.7. The van der Waals surface area contributed by atoms with E-state index in [1.165, 1.54) is 34.7 Å². The molecule has 0 radical (unpaired) electrons. The molecule has 4 aromatic heterocycles. The first-order chi connectivity index (χ1) is 35.1. The molecule has 76 heavy (non-hydrogen) atoms. The third-order valence-corrected chi connectivity index (χ3v) is 25.2. The molecule has 4 aromatic rings. The quantitative estimate of drug-likeness (QED) is 0.0178. The number of Topliss-reactive ketones (excluding diaryl/α,β-unsaturated/α-hetero) is 2. The molecule has 0 fully saturated rings. The van der Waals surface area contributed by atoms with Gasteiger partial charge in [-0.3, -0.25) is 14.4 Å². The molecule has 0 bridgehead atoms. The second-order valence-electron chi connectivity index (χ2n) is 22.2. The van der Waals surface area contributed by atoms with Crippen molar-refractivity contribution in [2.24, 2.45) is 0 Å². The predicted molar refractivity (Wildman–Crippen MR) is 323 cm³/mol. The maximum absolute atomic E-state index is 13.2. The van der Waals surface area contributed by atoms with Gasteiger partial charge in [0.25, 0.3) is 0 Å². The molecule has 0 saturated heterocycles. The molecule has 0 aromatic carbocycles. The second kappa shape index (κ2) is 34.8. The molecular weight excluding hydrogens is 1030 g/mol. The van der Waals surface area contributed by atoms with E-state index < -0.39 is 33.7 Å². The smallest absolute Gasteiger partial charge is 0.351 e. The van der Waals surface area contributed by atoms with E-state index >= 15 is 0 Å². The molecule has 0 saturated carbocycles. The monoisotopic (exact) mass is 1130 g/mol. The van der Waals surface area contributed by atoms with Crippen LogP contribution in [-0.2, 0) is 21.7 Å². The number of carbonyl (C=O) groups excluding carboxylic acids is 3. The van der Waals surface area contributed by atoms with Gasteiger partial charge in [-0.25, -0.2) is 9.59 Å². The molecule has 16 heteroatoms. The normalized spacial score (nSPS) is 12.7. The van der Waals surface area contributed by atoms with E-state index in [1.807, 2.05) is 52.0 Å². The average Bonchev–Trinajstić information content (AvgIpc) is 4.01. The Balaban J connectivity index is 0.00000122. The van der Waals surface area contributed by atoms with Gasteiger partial charge in [0.15, 0.2) is 34.5 Å². The third kappa shape index (κ3) is 23.5. The fraction of sp³-hybridized carbons (Fsp3) is 0.617. The summed E-state index contributed by atoms with van der Waals surface area (Å²) in [6.45, 7) is 35.4. The van der Waals surface area contributed by atoms with Crippen molar-refractivity contribution >= 4 is 63.2 Å². The molecule has 0 aliphatic rings. The minimum absolute atomic E-state index is 0. The Bertz CT molecular complexity index is 2500. The Labute approximate surface area is 467 Å². The van der Waals surface area contributed by atoms with Gasteiger partial charge < -0.3 is 33.0 Å². The van der Waals surface area contributed by atoms with E-state index in [0.717, 1.165) is 74.5 Å². The van der Waals surface area contributed by atoms with Crippen LogP contribution in [0.3, 0.4) is 0 Å². The summed E-state index contributed by atoms with van der Waals surface area (Å²) in [6.07, 6.45) is 14.1. The lowest BCUT2D eigenvalue weighted by Gasteiger charge is -2.36. The van der Waals surface area contributed by atoms with Gasteiger partial charge >= 0.3 is 11.3 Å². The van der Waals surface area contributed by atoms with Crippen LogP contribution in [0.4, 0.5) is 0 Å². The summed E-state index contributed by atoms with van der Waals surface area (Å²) in [5.74, 6) is -0.759. The van der Waals surface area contributed by atoms with Crippen molar-refractivity contribution in [3.63, 3.8) is 0 Å². The van der Waals surface area contributed by atoms with Gasteiger partial charge in [0.05, 0.1) is 4.88 Å². The first-order valence-electron chi connectivity index (χ1n) is 26.9. The number of aliphatic hydroxyl groups is 1. The molecule has 2 atom stereocenters. The topological polar surface area (TPSA) is 191 Å². The SMILES string of the molecule is C.CCCC(=O)c1c(O)cc(C(C)CCCO[Si](C)(C)C(C)(C)C)oc1=O.CCCCc1ccc(C=C(CC)C(=O)c2c(O)cc(C(C)CCCO[Si](C)(C)C(C)(C)C)oc2=O)s1.CCCCc1ccc(C=O)s1.CO. The fourth-order valence-corrected chi connectivity index (χ4v) is 11.1. The van der Waals surface area contributed by atoms with Crippen LogP contribution in [0.25, 0.3) is 6.08 Å². The highest BCUT2D eigenvalue weighted by Crippen LogP contribution is 2.38. The van der Waals surface area contributed by atoms with Crippen molar-refractivity contribution in [3.05, 3.63) is 105 Å². The summed E-state index contributed by atoms with van der Waals surface area (Å²) in [4.78, 5) is 64.7. The highest BCUT2D eigenvalue weighted by Gasteiger charge is 2.38. The largest absolute Gasteiger partial charge is 0.507 e. The Hall–Kier alpha value is -4.04. The van der Waals surface area contributed by atoms with E-state index in [2.05, 4.69) is 87.6 Å². The zero-order valence-corrected chi connectivity index (χ0v) is 52.3. The van der Waals surface area contributed by atoms with Crippen molar-refractivity contribution in [1.29, 1.82) is 0 Å². The standard InChI is InChI=1S/C29H44O5SSi.C20H34O5Si.C9H12OS.CH4O.CH4/c1-9-11-14-22-15-16-23(35-22)18-21(10-2)27(31)26-24(30)19-25(34-28(26)32)20(3)13-12-17-33-36(7,8)29(4,5)6;1-8-10-15(21)18-16(22)13-17(25-19(18)23)14(2)11-9-12-24-26(6,7)20(3,4)5;1-2-3-4-8-5-6-9(7-10)11-8;1-2;/h15-16,18-20,30H,9-14,17H2,1-8H3;13-14,22H,8-12H2,1-7H3;5-7H,2-4H2,1H3;2H,1H3;1H4. The third-order valence-electron chi connectivity index (χ3n) is 14.0. The number of hydrogen-bond donors (Lipinski definition) is 3. The van der Waals surface area contributed by atoms with Crippen LogP contribution in [0.5, 0.6) is 11.5 Å². The van der Waals surface area contributed by atoms with Crippen molar-refractivity contribution in [1.82, 2.24) is 0 Å². The van der Waals surface area contributed by atoms with Crippen LogP contribution >= 0.6 is 22.7 Å². The average molecular weight is 1130 g/mol. The molecule has 0 amide bonds. The van der Waals surface area contributed by atoms with Gasteiger partial charge in [0.1, 0.15) is 34.1 Å². The number of aromatic hydroxyl groups is 2. The van der Waals surface area contributed by atoms with Crippen LogP contribution < -0.4 is 11.3 Å². The number of aryl methyl sites for hydroxylation is 2. The van der Waals surface area contributed by atoms with E-state index in [0.29, 0.717) is 43.1 Å². The molecule has 2 unspecified atom stereocenters. The van der Waals surface area contributed by atoms with Crippen molar-refractivity contribution < 1.29 is 47.4 Å². The molecule has 430 valence electrons. The molecule has 12 nitrogen and oxygen atoms in total. The Morgan fingerprint density at radius 3 is 1.42 bits per heavy atom. The van der Waals surface area contributed by atoms with Gasteiger partial charge in [-0.05, 0) is 131 Å². The number of aliphatic hydroxyl groups excluding tert-OH is 1. The molecule has 0 aliphatic heterocycles. The highest BCUT2D eigenvalue weighted by atomic mass is 32.1. The lowest BCUT2D eigenvalue weighted by molar-refractivity contribution is 0.0972. The first-order valence-corrected chi connectivity index (χ1v) is 34.4. The summed E-state index contributed by atoms with van der Waals surface area (Å²) in [5, 5.41) is 28.1. The molecule has 0 aliphatic carbocycles. The van der Waals surface area contributed by atoms with Crippen molar-refractivity contribution in [2.75, 3.05) is 20.3 Å². The Kier molecular flexibility index (Phi) is 32.9. The lowest BCUT2D eigenvalue weighted by atomic mass is 9.98. The second-order valence-corrected chi connectivity index (χ2v) is 34.2. The van der Waals surface area contributed by atoms with Gasteiger partial charge in [-0.2, -0.15) is 0 Å². The summed E-state index contributed by atoms with van der Waals surface area (Å²) >= 11 is 3.26. The molecule has 4 rings (SSSR count). The number of thiophene rings is 2. The Morgan fingerprint density at radius 2 is 1.07 bits per heavy atom. The maximum atomic E-state index is 13.2. The van der Waals surface area contributed by atoms with Crippen LogP contribution in [0.1, 0.15) is 230 Å². The summed E-state index contributed by atoms with van der Waals surface area (Å²) in [5.41, 5.74) is -1.58. The molecule has 4 heterocycles. The minimum atomic E-state index is -1.80. The fourth-order valence-electron chi connectivity index (χ4n) is 7.01. The highest BCUT2D eigenvalue weighted by molar-refractivity contribution is 7.13. The van der Waals surface area contributed by atoms with Gasteiger partial charge in [-0.1, -0.05) is 103 Å². The van der Waals surface area contributed by atoms with Crippen LogP contribution in [0.2, 0.25) is 36.3 Å². The van der Waals surface area contributed by atoms with E-state index in [9.17, 15) is 34.2 Å². The van der Waals surface area contributed by atoms with E-state index in [1.54, 1.807) is 22.7 Å². The lowest BCUT2D eigenvalue weighted by Crippen LogP contribution is -2.41. The van der Waals surface area contributed by atoms with Crippen molar-refractivity contribution in [2.45, 2.75) is 222 Å². The Morgan fingerprint density at radius 1 is 0.658 bits per heavy atom. The van der Waals surface area contributed by atoms with E-state index in [4.69, 9.17) is 22.8 Å². The van der Waals surface area contributed by atoms with Crippen LogP contribution in [0.15, 0.2) is 60.4 Å². The molecule has 3 N–H and O–H groups in total. The summed E-state index contributed by atoms with van der Waals surface area (Å²) in [6, 6.07) is 10.9. The number of carbonyl (C=O) groups is 3.